The van der Waals surface area contributed by atoms with Crippen molar-refractivity contribution < 1.29 is 4.79 Å². The second kappa shape index (κ2) is 6.16. The quantitative estimate of drug-likeness (QED) is 0.871. The number of amides is 1. The summed E-state index contributed by atoms with van der Waals surface area (Å²) in [5.41, 5.74) is 12.6. The van der Waals surface area contributed by atoms with Crippen LogP contribution in [0.25, 0.3) is 0 Å². The van der Waals surface area contributed by atoms with Gasteiger partial charge in [-0.25, -0.2) is 0 Å². The summed E-state index contributed by atoms with van der Waals surface area (Å²) in [4.78, 5) is 13.5. The van der Waals surface area contributed by atoms with Crippen LogP contribution in [0.2, 0.25) is 0 Å². The van der Waals surface area contributed by atoms with Crippen LogP contribution in [0, 0.1) is 11.3 Å². The molecule has 1 heterocycles. The standard InChI is InChI=1S/C14H13BrN4OS/c1-19(7-8-3-2-4-9(15)5-8)14-10(6-16)11(17)12(21-14)13(18)20/h2-5H,7,17H2,1H3,(H2,18,20). The number of nitrogens with zero attached hydrogens (tertiary/aromatic N) is 2. The van der Waals surface area contributed by atoms with E-state index in [0.29, 0.717) is 17.1 Å². The van der Waals surface area contributed by atoms with Crippen molar-refractivity contribution in [3.8, 4) is 6.07 Å². The third-order valence-electron chi connectivity index (χ3n) is 2.92. The fourth-order valence-electron chi connectivity index (χ4n) is 1.97. The summed E-state index contributed by atoms with van der Waals surface area (Å²) >= 11 is 4.56. The number of hydrogen-bond donors (Lipinski definition) is 2. The molecule has 5 nitrogen and oxygen atoms in total. The lowest BCUT2D eigenvalue weighted by Crippen LogP contribution is -2.16. The largest absolute Gasteiger partial charge is 0.396 e. The van der Waals surface area contributed by atoms with Gasteiger partial charge < -0.3 is 16.4 Å². The van der Waals surface area contributed by atoms with Crippen LogP contribution in [-0.4, -0.2) is 13.0 Å². The molecule has 21 heavy (non-hydrogen) atoms. The van der Waals surface area contributed by atoms with Crippen molar-refractivity contribution in [2.45, 2.75) is 6.54 Å². The maximum absolute atomic E-state index is 11.3. The SMILES string of the molecule is CN(Cc1cccc(Br)c1)c1sc(C(N)=O)c(N)c1C#N. The second-order valence-corrected chi connectivity index (χ2v) is 6.40. The van der Waals surface area contributed by atoms with E-state index in [2.05, 4.69) is 15.9 Å². The Labute approximate surface area is 134 Å². The number of rotatable bonds is 4. The van der Waals surface area contributed by atoms with Gasteiger partial charge in [-0.2, -0.15) is 5.26 Å². The second-order valence-electron chi connectivity index (χ2n) is 4.49. The fourth-order valence-corrected chi connectivity index (χ4v) is 3.40. The molecular weight excluding hydrogens is 352 g/mol. The molecule has 7 heteroatoms. The number of primary amides is 1. The monoisotopic (exact) mass is 364 g/mol. The van der Waals surface area contributed by atoms with Gasteiger partial charge in [0.1, 0.15) is 21.5 Å². The van der Waals surface area contributed by atoms with E-state index in [0.717, 1.165) is 21.4 Å². The molecule has 0 unspecified atom stereocenters. The fraction of sp³-hybridized carbons (Fsp3) is 0.143. The molecule has 0 saturated heterocycles. The molecule has 1 aromatic carbocycles. The van der Waals surface area contributed by atoms with Crippen molar-refractivity contribution >= 4 is 43.9 Å². The first-order valence-corrected chi connectivity index (χ1v) is 7.62. The molecule has 1 amide bonds. The highest BCUT2D eigenvalue weighted by molar-refractivity contribution is 9.10. The normalized spacial score (nSPS) is 10.1. The lowest BCUT2D eigenvalue weighted by Gasteiger charge is -2.18. The number of benzene rings is 1. The summed E-state index contributed by atoms with van der Waals surface area (Å²) in [6, 6.07) is 9.91. The topological polar surface area (TPSA) is 96.1 Å². The first-order chi connectivity index (χ1) is 9.93. The van der Waals surface area contributed by atoms with Crippen LogP contribution in [0.1, 0.15) is 20.8 Å². The Bertz CT molecular complexity index is 735. The van der Waals surface area contributed by atoms with Crippen LogP contribution < -0.4 is 16.4 Å². The van der Waals surface area contributed by atoms with E-state index in [1.54, 1.807) is 0 Å². The van der Waals surface area contributed by atoms with E-state index in [4.69, 9.17) is 11.5 Å². The molecule has 0 radical (unpaired) electrons. The van der Waals surface area contributed by atoms with Gasteiger partial charge in [0.15, 0.2) is 0 Å². The minimum absolute atomic E-state index is 0.158. The number of halogens is 1. The first kappa shape index (κ1) is 15.4. The van der Waals surface area contributed by atoms with Crippen LogP contribution in [0.5, 0.6) is 0 Å². The molecule has 2 rings (SSSR count). The molecule has 0 saturated carbocycles. The van der Waals surface area contributed by atoms with E-state index < -0.39 is 5.91 Å². The van der Waals surface area contributed by atoms with Crippen LogP contribution in [0.4, 0.5) is 10.7 Å². The summed E-state index contributed by atoms with van der Waals surface area (Å²) in [7, 11) is 1.85. The van der Waals surface area contributed by atoms with Gasteiger partial charge in [-0.3, -0.25) is 4.79 Å². The third kappa shape index (κ3) is 3.17. The summed E-state index contributed by atoms with van der Waals surface area (Å²) < 4.78 is 0.984. The van der Waals surface area contributed by atoms with Crippen LogP contribution in [0.15, 0.2) is 28.7 Å². The van der Waals surface area contributed by atoms with Gasteiger partial charge >= 0.3 is 0 Å². The number of carbonyl (C=O) groups excluding carboxylic acids is 1. The summed E-state index contributed by atoms with van der Waals surface area (Å²) in [6.45, 7) is 0.590. The number of carbonyl (C=O) groups is 1. The summed E-state index contributed by atoms with van der Waals surface area (Å²) in [5.74, 6) is -0.615. The van der Waals surface area contributed by atoms with Crippen molar-refractivity contribution in [1.29, 1.82) is 5.26 Å². The Morgan fingerprint density at radius 3 is 2.81 bits per heavy atom. The molecule has 0 aliphatic carbocycles. The highest BCUT2D eigenvalue weighted by atomic mass is 79.9. The molecule has 0 fully saturated rings. The molecule has 0 atom stereocenters. The zero-order valence-electron chi connectivity index (χ0n) is 11.3. The Balaban J connectivity index is 2.35. The number of hydrogen-bond acceptors (Lipinski definition) is 5. The van der Waals surface area contributed by atoms with Crippen molar-refractivity contribution in [3.63, 3.8) is 0 Å². The minimum atomic E-state index is -0.615. The van der Waals surface area contributed by atoms with E-state index in [-0.39, 0.29) is 10.6 Å². The summed E-state index contributed by atoms with van der Waals surface area (Å²) in [6.07, 6.45) is 0. The molecule has 4 N–H and O–H groups in total. The highest BCUT2D eigenvalue weighted by Gasteiger charge is 2.21. The van der Waals surface area contributed by atoms with Crippen molar-refractivity contribution in [2.75, 3.05) is 17.7 Å². The highest BCUT2D eigenvalue weighted by Crippen LogP contribution is 2.37. The van der Waals surface area contributed by atoms with Gasteiger partial charge in [0.2, 0.25) is 0 Å². The summed E-state index contributed by atoms with van der Waals surface area (Å²) in [5, 5.41) is 9.89. The van der Waals surface area contributed by atoms with Gasteiger partial charge in [0.25, 0.3) is 5.91 Å². The molecule has 0 aliphatic heterocycles. The van der Waals surface area contributed by atoms with Gasteiger partial charge in [0, 0.05) is 18.1 Å². The molecule has 1 aromatic heterocycles. The molecule has 0 aliphatic rings. The zero-order chi connectivity index (χ0) is 15.6. The Morgan fingerprint density at radius 1 is 1.52 bits per heavy atom. The zero-order valence-corrected chi connectivity index (χ0v) is 13.7. The van der Waals surface area contributed by atoms with Gasteiger partial charge in [-0.1, -0.05) is 28.1 Å². The Morgan fingerprint density at radius 2 is 2.24 bits per heavy atom. The van der Waals surface area contributed by atoms with Crippen LogP contribution in [0.3, 0.4) is 0 Å². The molecular formula is C14H13BrN4OS. The Hall–Kier alpha value is -2.04. The smallest absolute Gasteiger partial charge is 0.261 e. The van der Waals surface area contributed by atoms with Crippen LogP contribution in [-0.2, 0) is 6.54 Å². The number of nitriles is 1. The molecule has 0 bridgehead atoms. The maximum atomic E-state index is 11.3. The van der Waals surface area contributed by atoms with E-state index in [1.807, 2.05) is 42.3 Å². The van der Waals surface area contributed by atoms with E-state index in [1.165, 1.54) is 0 Å². The predicted molar refractivity (Wildman–Crippen MR) is 88.2 cm³/mol. The van der Waals surface area contributed by atoms with Crippen molar-refractivity contribution in [3.05, 3.63) is 44.7 Å². The van der Waals surface area contributed by atoms with Gasteiger partial charge in [-0.15, -0.1) is 11.3 Å². The average molecular weight is 365 g/mol. The number of anilines is 2. The lowest BCUT2D eigenvalue weighted by atomic mass is 10.2. The number of nitrogen functional groups attached to an aromatic ring is 1. The van der Waals surface area contributed by atoms with E-state index in [9.17, 15) is 10.1 Å². The van der Waals surface area contributed by atoms with Gasteiger partial charge in [0.05, 0.1) is 5.69 Å². The predicted octanol–water partition coefficient (Wildman–Crippen LogP) is 2.70. The first-order valence-electron chi connectivity index (χ1n) is 6.01. The van der Waals surface area contributed by atoms with Gasteiger partial charge in [-0.05, 0) is 17.7 Å². The molecule has 0 spiro atoms. The van der Waals surface area contributed by atoms with Crippen molar-refractivity contribution in [1.82, 2.24) is 0 Å². The average Bonchev–Trinajstić information content (AvgIpc) is 2.75. The molecule has 108 valence electrons. The minimum Gasteiger partial charge on any atom is -0.396 e. The van der Waals surface area contributed by atoms with E-state index >= 15 is 0 Å². The van der Waals surface area contributed by atoms with Crippen molar-refractivity contribution in [2.24, 2.45) is 5.73 Å². The van der Waals surface area contributed by atoms with Crippen LogP contribution >= 0.6 is 27.3 Å². The Kier molecular flexibility index (Phi) is 4.50. The number of nitrogens with two attached hydrogens (primary N) is 2. The molecule has 2 aromatic rings. The lowest BCUT2D eigenvalue weighted by molar-refractivity contribution is 0.100. The third-order valence-corrected chi connectivity index (χ3v) is 4.75. The number of thiophene rings is 1. The maximum Gasteiger partial charge on any atom is 0.261 e.